The van der Waals surface area contributed by atoms with E-state index in [1.165, 1.54) is 25.1 Å². The number of rotatable bonds is 6. The number of nitrogens with zero attached hydrogens (tertiary/aromatic N) is 1. The predicted molar refractivity (Wildman–Crippen MR) is 81.3 cm³/mol. The summed E-state index contributed by atoms with van der Waals surface area (Å²) in [7, 11) is 1.56. The zero-order valence-electron chi connectivity index (χ0n) is 12.2. The minimum Gasteiger partial charge on any atom is -0.497 e. The number of methoxy groups -OCH3 is 1. The second-order valence-electron chi connectivity index (χ2n) is 4.66. The SMILES string of the molecule is COc1ccc(-c2cc([N+](=O)[O-])ccc2OCC(C)=O)cc1. The van der Waals surface area contributed by atoms with Gasteiger partial charge < -0.3 is 9.47 Å². The van der Waals surface area contributed by atoms with E-state index in [-0.39, 0.29) is 18.1 Å². The largest absolute Gasteiger partial charge is 0.497 e. The lowest BCUT2D eigenvalue weighted by molar-refractivity contribution is -0.384. The topological polar surface area (TPSA) is 78.7 Å². The molecule has 6 nitrogen and oxygen atoms in total. The smallest absolute Gasteiger partial charge is 0.270 e. The van der Waals surface area contributed by atoms with Crippen molar-refractivity contribution in [3.05, 3.63) is 52.6 Å². The van der Waals surface area contributed by atoms with Crippen LogP contribution in [0.3, 0.4) is 0 Å². The molecule has 0 N–H and O–H groups in total. The standard InChI is InChI=1S/C16H15NO5/c1-11(18)10-22-16-8-5-13(17(19)20)9-15(16)12-3-6-14(21-2)7-4-12/h3-9H,10H2,1-2H3. The second kappa shape index (κ2) is 6.71. The van der Waals surface area contributed by atoms with Crippen LogP contribution in [-0.4, -0.2) is 24.4 Å². The molecule has 0 bridgehead atoms. The molecule has 0 fully saturated rings. The van der Waals surface area contributed by atoms with Gasteiger partial charge in [-0.3, -0.25) is 14.9 Å². The second-order valence-corrected chi connectivity index (χ2v) is 4.66. The average Bonchev–Trinajstić information content (AvgIpc) is 2.52. The van der Waals surface area contributed by atoms with E-state index < -0.39 is 4.92 Å². The first-order valence-corrected chi connectivity index (χ1v) is 6.56. The van der Waals surface area contributed by atoms with E-state index in [0.717, 1.165) is 5.56 Å². The van der Waals surface area contributed by atoms with Crippen molar-refractivity contribution in [2.45, 2.75) is 6.92 Å². The van der Waals surface area contributed by atoms with Gasteiger partial charge in [0.05, 0.1) is 12.0 Å². The molecule has 0 saturated heterocycles. The van der Waals surface area contributed by atoms with Gasteiger partial charge in [-0.15, -0.1) is 0 Å². The Labute approximate surface area is 127 Å². The summed E-state index contributed by atoms with van der Waals surface area (Å²) in [4.78, 5) is 21.6. The molecule has 0 radical (unpaired) electrons. The molecule has 0 amide bonds. The molecule has 22 heavy (non-hydrogen) atoms. The lowest BCUT2D eigenvalue weighted by atomic mass is 10.0. The summed E-state index contributed by atoms with van der Waals surface area (Å²) in [5, 5.41) is 11.0. The van der Waals surface area contributed by atoms with Crippen molar-refractivity contribution in [3.63, 3.8) is 0 Å². The van der Waals surface area contributed by atoms with Crippen LogP contribution < -0.4 is 9.47 Å². The molecule has 0 unspecified atom stereocenters. The lowest BCUT2D eigenvalue weighted by Crippen LogP contribution is -2.07. The summed E-state index contributed by atoms with van der Waals surface area (Å²) in [5.41, 5.74) is 1.25. The fourth-order valence-corrected chi connectivity index (χ4v) is 1.93. The van der Waals surface area contributed by atoms with Gasteiger partial charge in [-0.1, -0.05) is 12.1 Å². The minimum absolute atomic E-state index is 0.0407. The lowest BCUT2D eigenvalue weighted by Gasteiger charge is -2.11. The Kier molecular flexibility index (Phi) is 4.73. The minimum atomic E-state index is -0.470. The van der Waals surface area contributed by atoms with Crippen LogP contribution in [0.5, 0.6) is 11.5 Å². The molecule has 0 aliphatic rings. The number of carbonyl (C=O) groups excluding carboxylic acids is 1. The number of ether oxygens (including phenoxy) is 2. The van der Waals surface area contributed by atoms with Crippen LogP contribution in [0.4, 0.5) is 5.69 Å². The first-order valence-electron chi connectivity index (χ1n) is 6.56. The summed E-state index contributed by atoms with van der Waals surface area (Å²) in [6.45, 7) is 1.33. The van der Waals surface area contributed by atoms with E-state index in [1.54, 1.807) is 31.4 Å². The van der Waals surface area contributed by atoms with Crippen LogP contribution >= 0.6 is 0 Å². The van der Waals surface area contributed by atoms with Crippen molar-refractivity contribution in [1.29, 1.82) is 0 Å². The Morgan fingerprint density at radius 2 is 1.86 bits per heavy atom. The van der Waals surface area contributed by atoms with Crippen molar-refractivity contribution in [2.24, 2.45) is 0 Å². The van der Waals surface area contributed by atoms with Gasteiger partial charge in [0, 0.05) is 17.7 Å². The van der Waals surface area contributed by atoms with E-state index in [1.807, 2.05) is 0 Å². The molecule has 0 heterocycles. The molecule has 0 aromatic heterocycles. The molecule has 0 aliphatic carbocycles. The number of ketones is 1. The fourth-order valence-electron chi connectivity index (χ4n) is 1.93. The van der Waals surface area contributed by atoms with Crippen molar-refractivity contribution >= 4 is 11.5 Å². The van der Waals surface area contributed by atoms with Crippen molar-refractivity contribution in [1.82, 2.24) is 0 Å². The van der Waals surface area contributed by atoms with Crippen molar-refractivity contribution < 1.29 is 19.2 Å². The number of hydrogen-bond acceptors (Lipinski definition) is 5. The van der Waals surface area contributed by atoms with Gasteiger partial charge in [0.2, 0.25) is 0 Å². The number of nitro groups is 1. The predicted octanol–water partition coefficient (Wildman–Crippen LogP) is 3.24. The molecule has 2 aromatic carbocycles. The van der Waals surface area contributed by atoms with Crippen molar-refractivity contribution in [3.8, 4) is 22.6 Å². The zero-order valence-corrected chi connectivity index (χ0v) is 12.2. The first-order chi connectivity index (χ1) is 10.5. The molecule has 2 rings (SSSR count). The van der Waals surface area contributed by atoms with Gasteiger partial charge in [0.1, 0.15) is 18.1 Å². The maximum atomic E-state index is 11.1. The number of benzene rings is 2. The summed E-state index contributed by atoms with van der Waals surface area (Å²) >= 11 is 0. The summed E-state index contributed by atoms with van der Waals surface area (Å²) in [6.07, 6.45) is 0. The van der Waals surface area contributed by atoms with E-state index in [2.05, 4.69) is 0 Å². The Morgan fingerprint density at radius 3 is 2.41 bits per heavy atom. The average molecular weight is 301 g/mol. The maximum Gasteiger partial charge on any atom is 0.270 e. The van der Waals surface area contributed by atoms with E-state index in [4.69, 9.17) is 9.47 Å². The zero-order chi connectivity index (χ0) is 16.1. The highest BCUT2D eigenvalue weighted by molar-refractivity contribution is 5.78. The molecule has 114 valence electrons. The van der Waals surface area contributed by atoms with Crippen LogP contribution in [0.15, 0.2) is 42.5 Å². The third-order valence-electron chi connectivity index (χ3n) is 3.01. The number of nitro benzene ring substituents is 1. The van der Waals surface area contributed by atoms with Gasteiger partial charge in [-0.05, 0) is 30.7 Å². The third-order valence-corrected chi connectivity index (χ3v) is 3.01. The molecule has 0 saturated carbocycles. The summed E-state index contributed by atoms with van der Waals surface area (Å²) in [6, 6.07) is 11.3. The number of carbonyl (C=O) groups is 1. The Balaban J connectivity index is 2.45. The van der Waals surface area contributed by atoms with Crippen LogP contribution in [-0.2, 0) is 4.79 Å². The molecule has 0 atom stereocenters. The fraction of sp³-hybridized carbons (Fsp3) is 0.188. The van der Waals surface area contributed by atoms with Gasteiger partial charge in [0.25, 0.3) is 5.69 Å². The highest BCUT2D eigenvalue weighted by Gasteiger charge is 2.14. The summed E-state index contributed by atoms with van der Waals surface area (Å²) in [5.74, 6) is 0.977. The molecular formula is C16H15NO5. The van der Waals surface area contributed by atoms with Crippen LogP contribution in [0.2, 0.25) is 0 Å². The molecule has 0 aliphatic heterocycles. The molecule has 6 heteroatoms. The van der Waals surface area contributed by atoms with Crippen LogP contribution in [0.1, 0.15) is 6.92 Å². The normalized spacial score (nSPS) is 10.1. The van der Waals surface area contributed by atoms with E-state index in [0.29, 0.717) is 17.1 Å². The Hall–Kier alpha value is -2.89. The Morgan fingerprint density at radius 1 is 1.18 bits per heavy atom. The molecule has 0 spiro atoms. The van der Waals surface area contributed by atoms with Gasteiger partial charge >= 0.3 is 0 Å². The van der Waals surface area contributed by atoms with Crippen LogP contribution in [0.25, 0.3) is 11.1 Å². The molecular weight excluding hydrogens is 286 g/mol. The van der Waals surface area contributed by atoms with E-state index >= 15 is 0 Å². The quantitative estimate of drug-likeness (QED) is 0.604. The number of Topliss-reactive ketones (excluding diaryl/α,β-unsaturated/α-hetero) is 1. The summed E-state index contributed by atoms with van der Waals surface area (Å²) < 4.78 is 10.5. The molecule has 2 aromatic rings. The van der Waals surface area contributed by atoms with Gasteiger partial charge in [-0.25, -0.2) is 0 Å². The number of non-ortho nitro benzene ring substituents is 1. The first kappa shape index (κ1) is 15.5. The van der Waals surface area contributed by atoms with Crippen LogP contribution in [0, 0.1) is 10.1 Å². The van der Waals surface area contributed by atoms with E-state index in [9.17, 15) is 14.9 Å². The number of hydrogen-bond donors (Lipinski definition) is 0. The van der Waals surface area contributed by atoms with Gasteiger partial charge in [-0.2, -0.15) is 0 Å². The van der Waals surface area contributed by atoms with Gasteiger partial charge in [0.15, 0.2) is 5.78 Å². The Bertz CT molecular complexity index is 694. The maximum absolute atomic E-state index is 11.1. The highest BCUT2D eigenvalue weighted by atomic mass is 16.6. The van der Waals surface area contributed by atoms with Crippen molar-refractivity contribution in [2.75, 3.05) is 13.7 Å². The third kappa shape index (κ3) is 3.60. The monoisotopic (exact) mass is 301 g/mol. The highest BCUT2D eigenvalue weighted by Crippen LogP contribution is 2.34.